The monoisotopic (exact) mass is 404 g/mol. The standard InChI is InChI=1S/C22H24N6O2/c1-14(12-23)28(2)21(29)19(24)10-15-13-25-20-9-8-17(11-18(15)20)27-22(30)26-16-6-4-3-5-7-16/h3-9,11,13-14,19,25H,10,24H2,1-2H3,(H2,26,27,30). The van der Waals surface area contributed by atoms with Gasteiger partial charge >= 0.3 is 6.03 Å². The lowest BCUT2D eigenvalue weighted by Crippen LogP contribution is -2.46. The van der Waals surface area contributed by atoms with Crippen LogP contribution in [0.1, 0.15) is 12.5 Å². The van der Waals surface area contributed by atoms with Crippen LogP contribution >= 0.6 is 0 Å². The summed E-state index contributed by atoms with van der Waals surface area (Å²) in [6, 6.07) is 15.0. The van der Waals surface area contributed by atoms with Gasteiger partial charge in [-0.3, -0.25) is 4.79 Å². The summed E-state index contributed by atoms with van der Waals surface area (Å²) in [5.41, 5.74) is 9.14. The number of aromatic amines is 1. The first-order chi connectivity index (χ1) is 14.4. The van der Waals surface area contributed by atoms with E-state index in [1.54, 1.807) is 38.4 Å². The molecule has 0 saturated carbocycles. The van der Waals surface area contributed by atoms with Crippen LogP contribution in [0.3, 0.4) is 0 Å². The van der Waals surface area contributed by atoms with E-state index in [0.29, 0.717) is 17.8 Å². The number of hydrogen-bond acceptors (Lipinski definition) is 4. The van der Waals surface area contributed by atoms with Crippen LogP contribution in [0.4, 0.5) is 16.2 Å². The highest BCUT2D eigenvalue weighted by molar-refractivity contribution is 6.01. The molecule has 0 bridgehead atoms. The van der Waals surface area contributed by atoms with Gasteiger partial charge in [0.05, 0.1) is 12.1 Å². The normalized spacial score (nSPS) is 12.6. The number of para-hydroxylation sites is 1. The summed E-state index contributed by atoms with van der Waals surface area (Å²) in [6.45, 7) is 1.65. The average molecular weight is 404 g/mol. The number of fused-ring (bicyclic) bond motifs is 1. The van der Waals surface area contributed by atoms with E-state index >= 15 is 0 Å². The van der Waals surface area contributed by atoms with Gasteiger partial charge in [0.2, 0.25) is 5.91 Å². The van der Waals surface area contributed by atoms with Crippen LogP contribution in [0.2, 0.25) is 0 Å². The molecule has 0 aliphatic heterocycles. The van der Waals surface area contributed by atoms with Crippen molar-refractivity contribution in [1.82, 2.24) is 9.88 Å². The van der Waals surface area contributed by atoms with E-state index in [1.165, 1.54) is 4.90 Å². The second kappa shape index (κ2) is 9.11. The van der Waals surface area contributed by atoms with Crippen molar-refractivity contribution in [3.8, 4) is 6.07 Å². The van der Waals surface area contributed by atoms with Gasteiger partial charge in [0.15, 0.2) is 0 Å². The summed E-state index contributed by atoms with van der Waals surface area (Å²) < 4.78 is 0. The number of likely N-dealkylation sites (N-methyl/N-ethyl adjacent to an activating group) is 1. The molecule has 3 aromatic rings. The number of benzene rings is 2. The summed E-state index contributed by atoms with van der Waals surface area (Å²) in [5, 5.41) is 15.4. The number of rotatable bonds is 6. The second-order valence-corrected chi connectivity index (χ2v) is 7.08. The number of urea groups is 1. The highest BCUT2D eigenvalue weighted by Gasteiger charge is 2.23. The maximum atomic E-state index is 12.5. The number of H-pyrrole nitrogens is 1. The van der Waals surface area contributed by atoms with E-state index in [-0.39, 0.29) is 11.9 Å². The Kier molecular flexibility index (Phi) is 6.35. The minimum Gasteiger partial charge on any atom is -0.361 e. The fourth-order valence-corrected chi connectivity index (χ4v) is 3.10. The van der Waals surface area contributed by atoms with Crippen LogP contribution in [0.25, 0.3) is 10.9 Å². The van der Waals surface area contributed by atoms with Crippen LogP contribution in [-0.2, 0) is 11.2 Å². The number of nitrogens with zero attached hydrogens (tertiary/aromatic N) is 2. The topological polar surface area (TPSA) is 127 Å². The smallest absolute Gasteiger partial charge is 0.323 e. The molecule has 154 valence electrons. The number of nitriles is 1. The quantitative estimate of drug-likeness (QED) is 0.503. The van der Waals surface area contributed by atoms with Crippen molar-refractivity contribution in [2.75, 3.05) is 17.7 Å². The number of amides is 3. The summed E-state index contributed by atoms with van der Waals surface area (Å²) in [5.74, 6) is -0.296. The van der Waals surface area contributed by atoms with E-state index in [2.05, 4.69) is 15.6 Å². The van der Waals surface area contributed by atoms with Crippen LogP contribution in [0, 0.1) is 11.3 Å². The molecule has 8 heteroatoms. The lowest BCUT2D eigenvalue weighted by molar-refractivity contribution is -0.132. The van der Waals surface area contributed by atoms with E-state index in [0.717, 1.165) is 16.5 Å². The Bertz CT molecular complexity index is 1090. The molecule has 0 saturated heterocycles. The fraction of sp³-hybridized carbons (Fsp3) is 0.227. The predicted molar refractivity (Wildman–Crippen MR) is 117 cm³/mol. The Morgan fingerprint density at radius 3 is 2.57 bits per heavy atom. The number of carbonyl (C=O) groups excluding carboxylic acids is 2. The lowest BCUT2D eigenvalue weighted by Gasteiger charge is -2.23. The Morgan fingerprint density at radius 2 is 1.87 bits per heavy atom. The molecular weight excluding hydrogens is 380 g/mol. The molecule has 30 heavy (non-hydrogen) atoms. The summed E-state index contributed by atoms with van der Waals surface area (Å²) >= 11 is 0. The molecule has 1 aromatic heterocycles. The molecule has 0 radical (unpaired) electrons. The van der Waals surface area contributed by atoms with Crippen molar-refractivity contribution >= 4 is 34.2 Å². The number of nitrogens with one attached hydrogen (secondary N) is 3. The fourth-order valence-electron chi connectivity index (χ4n) is 3.10. The number of aromatic nitrogens is 1. The first kappa shape index (κ1) is 20.9. The van der Waals surface area contributed by atoms with E-state index in [1.807, 2.05) is 36.4 Å². The van der Waals surface area contributed by atoms with Gasteiger partial charge in [-0.15, -0.1) is 0 Å². The predicted octanol–water partition coefficient (Wildman–Crippen LogP) is 3.05. The van der Waals surface area contributed by atoms with Crippen molar-refractivity contribution in [3.63, 3.8) is 0 Å². The number of hydrogen-bond donors (Lipinski definition) is 4. The first-order valence-corrected chi connectivity index (χ1v) is 9.54. The molecule has 0 aliphatic carbocycles. The van der Waals surface area contributed by atoms with Gasteiger partial charge < -0.3 is 26.3 Å². The minimum absolute atomic E-state index is 0.296. The SMILES string of the molecule is CC(C#N)N(C)C(=O)C(N)Cc1c[nH]c2ccc(NC(=O)Nc3ccccc3)cc12. The summed E-state index contributed by atoms with van der Waals surface area (Å²) in [4.78, 5) is 29.2. The highest BCUT2D eigenvalue weighted by Crippen LogP contribution is 2.24. The Balaban J connectivity index is 1.72. The number of nitrogens with two attached hydrogens (primary N) is 1. The van der Waals surface area contributed by atoms with Gasteiger partial charge in [-0.25, -0.2) is 4.79 Å². The molecule has 0 spiro atoms. The molecule has 1 heterocycles. The number of carbonyl (C=O) groups is 2. The first-order valence-electron chi connectivity index (χ1n) is 9.54. The maximum Gasteiger partial charge on any atom is 0.323 e. The Morgan fingerprint density at radius 1 is 1.17 bits per heavy atom. The third-order valence-corrected chi connectivity index (χ3v) is 4.93. The third-order valence-electron chi connectivity index (χ3n) is 4.93. The number of anilines is 2. The molecule has 5 N–H and O–H groups in total. The summed E-state index contributed by atoms with van der Waals surface area (Å²) in [6.07, 6.45) is 2.11. The molecule has 3 amide bonds. The maximum absolute atomic E-state index is 12.5. The van der Waals surface area contributed by atoms with Gasteiger partial charge in [-0.05, 0) is 49.2 Å². The largest absolute Gasteiger partial charge is 0.361 e. The van der Waals surface area contributed by atoms with Crippen molar-refractivity contribution in [2.45, 2.75) is 25.4 Å². The van der Waals surface area contributed by atoms with Crippen molar-refractivity contribution in [1.29, 1.82) is 5.26 Å². The van der Waals surface area contributed by atoms with Crippen molar-refractivity contribution < 1.29 is 9.59 Å². The molecule has 8 nitrogen and oxygen atoms in total. The Labute approximate surface area is 174 Å². The van der Waals surface area contributed by atoms with Crippen LogP contribution < -0.4 is 16.4 Å². The average Bonchev–Trinajstić information content (AvgIpc) is 3.14. The van der Waals surface area contributed by atoms with Gasteiger partial charge in [-0.1, -0.05) is 18.2 Å². The molecule has 0 aliphatic rings. The molecular formula is C22H24N6O2. The zero-order valence-corrected chi connectivity index (χ0v) is 16.8. The van der Waals surface area contributed by atoms with Gasteiger partial charge in [0, 0.05) is 35.5 Å². The van der Waals surface area contributed by atoms with Gasteiger partial charge in [0.25, 0.3) is 0 Å². The van der Waals surface area contributed by atoms with E-state index < -0.39 is 12.1 Å². The minimum atomic E-state index is -0.775. The van der Waals surface area contributed by atoms with Crippen molar-refractivity contribution in [2.24, 2.45) is 5.73 Å². The lowest BCUT2D eigenvalue weighted by atomic mass is 10.0. The summed E-state index contributed by atoms with van der Waals surface area (Å²) in [7, 11) is 1.57. The van der Waals surface area contributed by atoms with E-state index in [4.69, 9.17) is 11.0 Å². The second-order valence-electron chi connectivity index (χ2n) is 7.08. The third kappa shape index (κ3) is 4.77. The van der Waals surface area contributed by atoms with Gasteiger partial charge in [0.1, 0.15) is 6.04 Å². The molecule has 2 unspecified atom stereocenters. The van der Waals surface area contributed by atoms with Crippen LogP contribution in [0.15, 0.2) is 54.7 Å². The zero-order valence-electron chi connectivity index (χ0n) is 16.8. The molecule has 2 aromatic carbocycles. The van der Waals surface area contributed by atoms with Crippen molar-refractivity contribution in [3.05, 3.63) is 60.3 Å². The Hall–Kier alpha value is -3.83. The zero-order chi connectivity index (χ0) is 21.7. The van der Waals surface area contributed by atoms with Crippen LogP contribution in [-0.4, -0.2) is 41.0 Å². The van der Waals surface area contributed by atoms with E-state index in [9.17, 15) is 9.59 Å². The highest BCUT2D eigenvalue weighted by atomic mass is 16.2. The molecule has 2 atom stereocenters. The van der Waals surface area contributed by atoms with Crippen LogP contribution in [0.5, 0.6) is 0 Å². The molecule has 3 rings (SSSR count). The van der Waals surface area contributed by atoms with Gasteiger partial charge in [-0.2, -0.15) is 5.26 Å². The molecule has 0 fully saturated rings.